The van der Waals surface area contributed by atoms with Gasteiger partial charge >= 0.3 is 0 Å². The van der Waals surface area contributed by atoms with Crippen LogP contribution in [0.15, 0.2) is 22.8 Å². The fourth-order valence-electron chi connectivity index (χ4n) is 1.23. The second-order valence-electron chi connectivity index (χ2n) is 3.39. The van der Waals surface area contributed by atoms with Crippen molar-refractivity contribution in [1.82, 2.24) is 0 Å². The van der Waals surface area contributed by atoms with E-state index in [2.05, 4.69) is 0 Å². The zero-order chi connectivity index (χ0) is 12.2. The van der Waals surface area contributed by atoms with Crippen molar-refractivity contribution in [1.29, 1.82) is 0 Å². The number of aliphatic hydroxyl groups excluding tert-OH is 1. The summed E-state index contributed by atoms with van der Waals surface area (Å²) in [6.45, 7) is 3.21. The van der Waals surface area contributed by atoms with E-state index in [1.165, 1.54) is 0 Å². The highest BCUT2D eigenvalue weighted by molar-refractivity contribution is 4.97. The van der Waals surface area contributed by atoms with Crippen molar-refractivity contribution in [3.63, 3.8) is 0 Å². The number of ether oxygens (including phenoxy) is 3. The highest BCUT2D eigenvalue weighted by Crippen LogP contribution is 2.00. The largest absolute Gasteiger partial charge is 0.469 e. The van der Waals surface area contributed by atoms with Crippen molar-refractivity contribution in [2.75, 3.05) is 46.2 Å². The third-order valence-corrected chi connectivity index (χ3v) is 2.05. The summed E-state index contributed by atoms with van der Waals surface area (Å²) in [4.78, 5) is 0. The second kappa shape index (κ2) is 10.3. The molecule has 0 saturated heterocycles. The predicted octanol–water partition coefficient (Wildman–Crippen LogP) is 0.864. The minimum Gasteiger partial charge on any atom is -0.469 e. The molecule has 0 fully saturated rings. The minimum atomic E-state index is 0.0515. The Morgan fingerprint density at radius 3 is 2.18 bits per heavy atom. The smallest absolute Gasteiger partial charge is 0.106 e. The molecular weight excluding hydrogens is 224 g/mol. The molecular formula is C12H20O5. The van der Waals surface area contributed by atoms with Crippen LogP contribution in [-0.2, 0) is 20.6 Å². The molecule has 0 unspecified atom stereocenters. The van der Waals surface area contributed by atoms with Crippen LogP contribution in [-0.4, -0.2) is 51.4 Å². The fourth-order valence-corrected chi connectivity index (χ4v) is 1.23. The molecule has 0 aliphatic carbocycles. The van der Waals surface area contributed by atoms with E-state index < -0.39 is 0 Å². The Balaban J connectivity index is 1.76. The van der Waals surface area contributed by atoms with Gasteiger partial charge in [0.05, 0.1) is 52.5 Å². The molecule has 0 aromatic carbocycles. The average molecular weight is 244 g/mol. The van der Waals surface area contributed by atoms with E-state index in [4.69, 9.17) is 23.7 Å². The fraction of sp³-hybridized carbons (Fsp3) is 0.667. The highest BCUT2D eigenvalue weighted by atomic mass is 16.5. The van der Waals surface area contributed by atoms with E-state index in [0.29, 0.717) is 39.6 Å². The molecule has 0 spiro atoms. The minimum absolute atomic E-state index is 0.0515. The Labute approximate surface area is 101 Å². The maximum absolute atomic E-state index is 8.45. The lowest BCUT2D eigenvalue weighted by atomic mass is 10.3. The van der Waals surface area contributed by atoms with Gasteiger partial charge in [-0.25, -0.2) is 0 Å². The molecule has 1 N–H and O–H groups in total. The van der Waals surface area contributed by atoms with Crippen molar-refractivity contribution in [2.24, 2.45) is 0 Å². The average Bonchev–Trinajstić information content (AvgIpc) is 2.85. The summed E-state index contributed by atoms with van der Waals surface area (Å²) in [6.07, 6.45) is 2.44. The Hall–Kier alpha value is -0.880. The summed E-state index contributed by atoms with van der Waals surface area (Å²) in [6, 6.07) is 3.79. The summed E-state index contributed by atoms with van der Waals surface area (Å²) >= 11 is 0. The van der Waals surface area contributed by atoms with E-state index in [0.717, 1.165) is 12.2 Å². The molecule has 0 atom stereocenters. The topological polar surface area (TPSA) is 61.1 Å². The van der Waals surface area contributed by atoms with Crippen LogP contribution in [0.4, 0.5) is 0 Å². The van der Waals surface area contributed by atoms with Crippen LogP contribution in [0.1, 0.15) is 5.76 Å². The van der Waals surface area contributed by atoms with Gasteiger partial charge in [0.1, 0.15) is 5.76 Å². The predicted molar refractivity (Wildman–Crippen MR) is 62.0 cm³/mol. The molecule has 5 heteroatoms. The first-order valence-electron chi connectivity index (χ1n) is 5.80. The van der Waals surface area contributed by atoms with Crippen LogP contribution >= 0.6 is 0 Å². The summed E-state index contributed by atoms with van der Waals surface area (Å²) in [5.41, 5.74) is 0. The van der Waals surface area contributed by atoms with Crippen LogP contribution < -0.4 is 0 Å². The lowest BCUT2D eigenvalue weighted by Crippen LogP contribution is -2.11. The molecule has 0 radical (unpaired) electrons. The molecule has 1 aromatic heterocycles. The van der Waals surface area contributed by atoms with E-state index in [-0.39, 0.29) is 6.61 Å². The maximum atomic E-state index is 8.45. The van der Waals surface area contributed by atoms with Gasteiger partial charge in [0, 0.05) is 6.42 Å². The van der Waals surface area contributed by atoms with Crippen LogP contribution in [0, 0.1) is 0 Å². The first-order valence-corrected chi connectivity index (χ1v) is 5.80. The van der Waals surface area contributed by atoms with Gasteiger partial charge < -0.3 is 23.7 Å². The van der Waals surface area contributed by atoms with Crippen LogP contribution in [0.3, 0.4) is 0 Å². The summed E-state index contributed by atoms with van der Waals surface area (Å²) in [7, 11) is 0. The SMILES string of the molecule is OCCOCCOCCOCCc1ccco1. The van der Waals surface area contributed by atoms with Gasteiger partial charge in [0.15, 0.2) is 0 Å². The first-order chi connectivity index (χ1) is 8.43. The highest BCUT2D eigenvalue weighted by Gasteiger charge is 1.95. The molecule has 0 bridgehead atoms. The van der Waals surface area contributed by atoms with E-state index in [1.807, 2.05) is 12.1 Å². The van der Waals surface area contributed by atoms with Crippen LogP contribution in [0.5, 0.6) is 0 Å². The number of aliphatic hydroxyl groups is 1. The van der Waals surface area contributed by atoms with Crippen molar-refractivity contribution in [3.8, 4) is 0 Å². The van der Waals surface area contributed by atoms with E-state index >= 15 is 0 Å². The van der Waals surface area contributed by atoms with Gasteiger partial charge in [-0.05, 0) is 12.1 Å². The second-order valence-corrected chi connectivity index (χ2v) is 3.39. The molecule has 17 heavy (non-hydrogen) atoms. The van der Waals surface area contributed by atoms with E-state index in [9.17, 15) is 0 Å². The van der Waals surface area contributed by atoms with Crippen molar-refractivity contribution < 1.29 is 23.7 Å². The summed E-state index contributed by atoms with van der Waals surface area (Å²) in [5.74, 6) is 0.934. The molecule has 1 rings (SSSR count). The standard InChI is InChI=1S/C12H20O5/c13-4-7-15-9-11-16-10-8-14-6-3-12-2-1-5-17-12/h1-2,5,13H,3-4,6-11H2. The van der Waals surface area contributed by atoms with Crippen molar-refractivity contribution >= 4 is 0 Å². The zero-order valence-electron chi connectivity index (χ0n) is 9.97. The monoisotopic (exact) mass is 244 g/mol. The van der Waals surface area contributed by atoms with Gasteiger partial charge in [-0.3, -0.25) is 0 Å². The van der Waals surface area contributed by atoms with Crippen LogP contribution in [0.25, 0.3) is 0 Å². The number of furan rings is 1. The molecule has 0 amide bonds. The van der Waals surface area contributed by atoms with Gasteiger partial charge in [-0.1, -0.05) is 0 Å². The Morgan fingerprint density at radius 1 is 0.941 bits per heavy atom. The Morgan fingerprint density at radius 2 is 1.59 bits per heavy atom. The molecule has 1 aromatic rings. The first kappa shape index (κ1) is 14.2. The van der Waals surface area contributed by atoms with Crippen molar-refractivity contribution in [2.45, 2.75) is 6.42 Å². The third-order valence-electron chi connectivity index (χ3n) is 2.05. The number of hydrogen-bond donors (Lipinski definition) is 1. The molecule has 0 aliphatic rings. The van der Waals surface area contributed by atoms with Gasteiger partial charge in [0.25, 0.3) is 0 Å². The lowest BCUT2D eigenvalue weighted by molar-refractivity contribution is 0.00778. The van der Waals surface area contributed by atoms with E-state index in [1.54, 1.807) is 6.26 Å². The lowest BCUT2D eigenvalue weighted by Gasteiger charge is -2.05. The summed E-state index contributed by atoms with van der Waals surface area (Å²) in [5, 5.41) is 8.45. The molecule has 1 heterocycles. The Kier molecular flexibility index (Phi) is 8.58. The molecule has 0 saturated carbocycles. The summed E-state index contributed by atoms with van der Waals surface area (Å²) < 4.78 is 20.8. The number of hydrogen-bond acceptors (Lipinski definition) is 5. The Bertz CT molecular complexity index is 247. The van der Waals surface area contributed by atoms with Gasteiger partial charge in [-0.15, -0.1) is 0 Å². The molecule has 5 nitrogen and oxygen atoms in total. The maximum Gasteiger partial charge on any atom is 0.106 e. The zero-order valence-corrected chi connectivity index (χ0v) is 9.97. The normalized spacial score (nSPS) is 10.9. The molecule has 0 aliphatic heterocycles. The van der Waals surface area contributed by atoms with Crippen molar-refractivity contribution in [3.05, 3.63) is 24.2 Å². The van der Waals surface area contributed by atoms with Gasteiger partial charge in [0.2, 0.25) is 0 Å². The number of rotatable bonds is 11. The van der Waals surface area contributed by atoms with Crippen LogP contribution in [0.2, 0.25) is 0 Å². The third kappa shape index (κ3) is 7.93. The quantitative estimate of drug-likeness (QED) is 0.585. The molecule has 98 valence electrons. The van der Waals surface area contributed by atoms with Gasteiger partial charge in [-0.2, -0.15) is 0 Å².